The third kappa shape index (κ3) is 2.99. The first-order chi connectivity index (χ1) is 7.35. The molecule has 0 heterocycles. The lowest BCUT2D eigenvalue weighted by atomic mass is 10.3. The molecule has 0 aliphatic rings. The van der Waals surface area contributed by atoms with Gasteiger partial charge in [-0.15, -0.1) is 0 Å². The molecule has 0 fully saturated rings. The van der Waals surface area contributed by atoms with Crippen LogP contribution in [0.2, 0.25) is 0 Å². The molecular formula is C9H11FN2O3S. The molecule has 0 aromatic heterocycles. The summed E-state index contributed by atoms with van der Waals surface area (Å²) < 4.78 is 28.5. The van der Waals surface area contributed by atoms with E-state index in [2.05, 4.69) is 4.36 Å². The Labute approximate surface area is 92.6 Å². The van der Waals surface area contributed by atoms with Crippen LogP contribution in [0.1, 0.15) is 6.92 Å². The largest absolute Gasteiger partial charge is 0.306 e. The molecule has 5 nitrogen and oxygen atoms in total. The smallest absolute Gasteiger partial charge is 0.258 e. The molecule has 0 aliphatic heterocycles. The van der Waals surface area contributed by atoms with Crippen molar-refractivity contribution in [1.29, 1.82) is 0 Å². The van der Waals surface area contributed by atoms with E-state index in [1.165, 1.54) is 12.3 Å². The summed E-state index contributed by atoms with van der Waals surface area (Å²) in [6.45, 7) is 1.70. The van der Waals surface area contributed by atoms with Gasteiger partial charge in [-0.3, -0.25) is 10.1 Å². The first-order valence-corrected chi connectivity index (χ1v) is 6.58. The predicted molar refractivity (Wildman–Crippen MR) is 59.7 cm³/mol. The number of rotatable bonds is 3. The lowest BCUT2D eigenvalue weighted by Gasteiger charge is -2.00. The molecule has 1 unspecified atom stereocenters. The number of halogens is 1. The van der Waals surface area contributed by atoms with Gasteiger partial charge in [0.15, 0.2) is 0 Å². The number of hydrogen-bond donors (Lipinski definition) is 0. The Kier molecular flexibility index (Phi) is 3.58. The molecular weight excluding hydrogens is 235 g/mol. The van der Waals surface area contributed by atoms with Crippen LogP contribution in [0.4, 0.5) is 15.8 Å². The van der Waals surface area contributed by atoms with E-state index in [1.54, 1.807) is 6.92 Å². The first kappa shape index (κ1) is 12.6. The second-order valence-electron chi connectivity index (χ2n) is 3.23. The zero-order valence-electron chi connectivity index (χ0n) is 8.84. The molecule has 0 saturated heterocycles. The van der Waals surface area contributed by atoms with Gasteiger partial charge < -0.3 is 0 Å². The second-order valence-corrected chi connectivity index (χ2v) is 5.91. The lowest BCUT2D eigenvalue weighted by Crippen LogP contribution is -1.98. The average molecular weight is 246 g/mol. The Bertz CT molecular complexity index is 536. The van der Waals surface area contributed by atoms with E-state index < -0.39 is 26.2 Å². The molecule has 0 aliphatic carbocycles. The molecule has 0 radical (unpaired) electrons. The number of hydrogen-bond acceptors (Lipinski definition) is 4. The molecule has 88 valence electrons. The van der Waals surface area contributed by atoms with Crippen LogP contribution in [-0.4, -0.2) is 21.1 Å². The van der Waals surface area contributed by atoms with Crippen molar-refractivity contribution in [3.05, 3.63) is 34.1 Å². The van der Waals surface area contributed by atoms with Crippen molar-refractivity contribution >= 4 is 21.1 Å². The van der Waals surface area contributed by atoms with Gasteiger partial charge in [0.2, 0.25) is 5.82 Å². The molecule has 0 bridgehead atoms. The van der Waals surface area contributed by atoms with Crippen LogP contribution in [0.5, 0.6) is 0 Å². The van der Waals surface area contributed by atoms with E-state index >= 15 is 0 Å². The van der Waals surface area contributed by atoms with Crippen LogP contribution in [0.25, 0.3) is 0 Å². The van der Waals surface area contributed by atoms with E-state index in [1.807, 2.05) is 0 Å². The SMILES string of the molecule is CCS(C)(=O)=Nc1ccc(F)c([N+](=O)[O-])c1. The fourth-order valence-corrected chi connectivity index (χ4v) is 1.67. The van der Waals surface area contributed by atoms with Crippen molar-refractivity contribution in [1.82, 2.24) is 0 Å². The number of nitro groups is 1. The van der Waals surface area contributed by atoms with Crippen molar-refractivity contribution in [2.45, 2.75) is 6.92 Å². The predicted octanol–water partition coefficient (Wildman–Crippen LogP) is 2.48. The number of nitro benzene ring substituents is 1. The van der Waals surface area contributed by atoms with Crippen molar-refractivity contribution in [3.63, 3.8) is 0 Å². The average Bonchev–Trinajstić information content (AvgIpc) is 2.20. The highest BCUT2D eigenvalue weighted by molar-refractivity contribution is 7.93. The maximum atomic E-state index is 13.0. The minimum atomic E-state index is -2.40. The fourth-order valence-electron chi connectivity index (χ4n) is 0.985. The summed E-state index contributed by atoms with van der Waals surface area (Å²) in [5, 5.41) is 10.5. The van der Waals surface area contributed by atoms with E-state index in [0.29, 0.717) is 5.75 Å². The second kappa shape index (κ2) is 4.56. The molecule has 1 atom stereocenters. The summed E-state index contributed by atoms with van der Waals surface area (Å²) in [5.74, 6) is -0.596. The maximum absolute atomic E-state index is 13.0. The summed E-state index contributed by atoms with van der Waals surface area (Å²) in [6, 6.07) is 3.19. The molecule has 0 N–H and O–H groups in total. The standard InChI is InChI=1S/C9H11FN2O3S/c1-3-16(2,15)11-7-4-5-8(10)9(6-7)12(13)14/h4-6H,3H2,1-2H3. The minimum absolute atomic E-state index is 0.155. The van der Waals surface area contributed by atoms with Gasteiger partial charge >= 0.3 is 5.69 Å². The minimum Gasteiger partial charge on any atom is -0.258 e. The maximum Gasteiger partial charge on any atom is 0.306 e. The lowest BCUT2D eigenvalue weighted by molar-refractivity contribution is -0.387. The Hall–Kier alpha value is -1.50. The van der Waals surface area contributed by atoms with Crippen LogP contribution >= 0.6 is 0 Å². The first-order valence-electron chi connectivity index (χ1n) is 4.49. The molecule has 1 aromatic rings. The van der Waals surface area contributed by atoms with E-state index in [0.717, 1.165) is 12.1 Å². The van der Waals surface area contributed by atoms with Gasteiger partial charge in [-0.25, -0.2) is 4.21 Å². The highest BCUT2D eigenvalue weighted by atomic mass is 32.2. The van der Waals surface area contributed by atoms with Gasteiger partial charge in [0, 0.05) is 27.8 Å². The highest BCUT2D eigenvalue weighted by Gasteiger charge is 2.14. The summed E-state index contributed by atoms with van der Waals surface area (Å²) >= 11 is 0. The fraction of sp³-hybridized carbons (Fsp3) is 0.333. The molecule has 1 aromatic carbocycles. The van der Waals surface area contributed by atoms with Gasteiger partial charge in [-0.1, -0.05) is 6.92 Å². The summed E-state index contributed by atoms with van der Waals surface area (Å²) in [7, 11) is -2.40. The molecule has 0 spiro atoms. The Balaban J connectivity index is 3.30. The third-order valence-corrected chi connectivity index (χ3v) is 3.63. The van der Waals surface area contributed by atoms with Crippen LogP contribution in [0.3, 0.4) is 0 Å². The van der Waals surface area contributed by atoms with Crippen molar-refractivity contribution in [2.24, 2.45) is 4.36 Å². The van der Waals surface area contributed by atoms with Crippen LogP contribution in [0.15, 0.2) is 22.6 Å². The Morgan fingerprint density at radius 1 is 1.56 bits per heavy atom. The highest BCUT2D eigenvalue weighted by Crippen LogP contribution is 2.24. The molecule has 0 amide bonds. The van der Waals surface area contributed by atoms with Gasteiger partial charge in [0.25, 0.3) is 0 Å². The van der Waals surface area contributed by atoms with Gasteiger partial charge in [-0.2, -0.15) is 8.75 Å². The molecule has 16 heavy (non-hydrogen) atoms. The van der Waals surface area contributed by atoms with E-state index in [-0.39, 0.29) is 5.69 Å². The van der Waals surface area contributed by atoms with Crippen LogP contribution in [0, 0.1) is 15.9 Å². The third-order valence-electron chi connectivity index (χ3n) is 1.96. The zero-order valence-corrected chi connectivity index (χ0v) is 9.66. The summed E-state index contributed by atoms with van der Waals surface area (Å²) in [5.41, 5.74) is -0.505. The summed E-state index contributed by atoms with van der Waals surface area (Å²) in [6.07, 6.45) is 1.45. The van der Waals surface area contributed by atoms with Gasteiger partial charge in [0.05, 0.1) is 10.6 Å². The Morgan fingerprint density at radius 2 is 2.19 bits per heavy atom. The summed E-state index contributed by atoms with van der Waals surface area (Å²) in [4.78, 5) is 9.63. The van der Waals surface area contributed by atoms with Crippen LogP contribution in [-0.2, 0) is 9.73 Å². The van der Waals surface area contributed by atoms with Crippen LogP contribution < -0.4 is 0 Å². The van der Waals surface area contributed by atoms with E-state index in [9.17, 15) is 18.7 Å². The topological polar surface area (TPSA) is 72.6 Å². The molecule has 0 saturated carbocycles. The van der Waals surface area contributed by atoms with E-state index in [4.69, 9.17) is 0 Å². The van der Waals surface area contributed by atoms with Crippen molar-refractivity contribution in [3.8, 4) is 0 Å². The normalized spacial score (nSPS) is 14.2. The van der Waals surface area contributed by atoms with Gasteiger partial charge in [0.1, 0.15) is 0 Å². The van der Waals surface area contributed by atoms with Crippen molar-refractivity contribution in [2.75, 3.05) is 12.0 Å². The number of nitrogens with zero attached hydrogens (tertiary/aromatic N) is 2. The zero-order chi connectivity index (χ0) is 12.3. The number of benzene rings is 1. The monoisotopic (exact) mass is 246 g/mol. The molecule has 1 rings (SSSR count). The van der Waals surface area contributed by atoms with Crippen molar-refractivity contribution < 1.29 is 13.5 Å². The molecule has 7 heteroatoms. The van der Waals surface area contributed by atoms with Gasteiger partial charge in [-0.05, 0) is 12.1 Å². The quantitative estimate of drug-likeness (QED) is 0.607. The Morgan fingerprint density at radius 3 is 2.69 bits per heavy atom.